The minimum Gasteiger partial charge on any atom is -0.362 e. The van der Waals surface area contributed by atoms with Gasteiger partial charge in [0, 0.05) is 6.20 Å². The lowest BCUT2D eigenvalue weighted by Gasteiger charge is -2.05. The number of nitrogens with one attached hydrogen (secondary N) is 4. The van der Waals surface area contributed by atoms with Crippen molar-refractivity contribution in [2.45, 2.75) is 6.17 Å². The van der Waals surface area contributed by atoms with Crippen molar-refractivity contribution in [3.05, 3.63) is 24.0 Å². The molecule has 4 N–H and O–H groups in total. The smallest absolute Gasteiger partial charge is 0.182 e. The maximum atomic E-state index is 4.87. The molecule has 1 saturated heterocycles. The van der Waals surface area contributed by atoms with E-state index in [1.807, 2.05) is 18.3 Å². The van der Waals surface area contributed by atoms with Gasteiger partial charge < -0.3 is 10.3 Å². The second-order valence-electron chi connectivity index (χ2n) is 2.30. The van der Waals surface area contributed by atoms with E-state index < -0.39 is 0 Å². The van der Waals surface area contributed by atoms with Gasteiger partial charge in [0.2, 0.25) is 0 Å². The molecule has 0 bridgehead atoms. The van der Waals surface area contributed by atoms with Gasteiger partial charge in [-0.05, 0) is 24.4 Å². The first-order chi connectivity index (χ1) is 5.36. The van der Waals surface area contributed by atoms with Crippen molar-refractivity contribution in [3.63, 3.8) is 0 Å². The van der Waals surface area contributed by atoms with Crippen LogP contribution in [0.1, 0.15) is 11.9 Å². The third-order valence-corrected chi connectivity index (χ3v) is 1.76. The lowest BCUT2D eigenvalue weighted by molar-refractivity contribution is 0.543. The molecule has 1 atom stereocenters. The van der Waals surface area contributed by atoms with Crippen LogP contribution in [0.2, 0.25) is 0 Å². The second kappa shape index (κ2) is 2.52. The first kappa shape index (κ1) is 6.63. The molecule has 1 unspecified atom stereocenters. The maximum Gasteiger partial charge on any atom is 0.182 e. The molecule has 1 aromatic rings. The SMILES string of the molecule is S=C1NNC(c2ccc[nH]2)N1. The van der Waals surface area contributed by atoms with Gasteiger partial charge in [-0.2, -0.15) is 0 Å². The number of thiocarbonyl (C=S) groups is 1. The van der Waals surface area contributed by atoms with Crippen LogP contribution < -0.4 is 16.2 Å². The van der Waals surface area contributed by atoms with Crippen LogP contribution in [0.5, 0.6) is 0 Å². The fourth-order valence-electron chi connectivity index (χ4n) is 1.02. The molecule has 0 saturated carbocycles. The topological polar surface area (TPSA) is 51.9 Å². The number of aromatic nitrogens is 1. The number of hydrazine groups is 1. The lowest BCUT2D eigenvalue weighted by Crippen LogP contribution is -2.26. The summed E-state index contributed by atoms with van der Waals surface area (Å²) >= 11 is 4.87. The van der Waals surface area contributed by atoms with Gasteiger partial charge in [0.15, 0.2) is 5.11 Å². The number of hydrogen-bond acceptors (Lipinski definition) is 2. The highest BCUT2D eigenvalue weighted by molar-refractivity contribution is 7.80. The predicted molar refractivity (Wildman–Crippen MR) is 45.5 cm³/mol. The van der Waals surface area contributed by atoms with Gasteiger partial charge in [0.25, 0.3) is 0 Å². The number of H-pyrrole nitrogens is 1. The largest absolute Gasteiger partial charge is 0.362 e. The quantitative estimate of drug-likeness (QED) is 0.446. The Hall–Kier alpha value is -1.07. The van der Waals surface area contributed by atoms with Gasteiger partial charge in [-0.3, -0.25) is 5.43 Å². The first-order valence-corrected chi connectivity index (χ1v) is 3.72. The molecule has 5 heteroatoms. The van der Waals surface area contributed by atoms with Crippen LogP contribution in [0.4, 0.5) is 0 Å². The predicted octanol–water partition coefficient (Wildman–Crippen LogP) is -0.00440. The van der Waals surface area contributed by atoms with Crippen LogP contribution in [0.3, 0.4) is 0 Å². The van der Waals surface area contributed by atoms with Crippen LogP contribution in [0.25, 0.3) is 0 Å². The van der Waals surface area contributed by atoms with Crippen LogP contribution in [0, 0.1) is 0 Å². The van der Waals surface area contributed by atoms with Crippen molar-refractivity contribution in [2.75, 3.05) is 0 Å². The van der Waals surface area contributed by atoms with E-state index in [0.29, 0.717) is 5.11 Å². The molecular formula is C6H8N4S. The van der Waals surface area contributed by atoms with Gasteiger partial charge in [-0.1, -0.05) is 0 Å². The molecule has 11 heavy (non-hydrogen) atoms. The minimum atomic E-state index is 0.0671. The number of rotatable bonds is 1. The van der Waals surface area contributed by atoms with Crippen molar-refractivity contribution >= 4 is 17.3 Å². The third-order valence-electron chi connectivity index (χ3n) is 1.54. The van der Waals surface area contributed by atoms with Crippen LogP contribution >= 0.6 is 12.2 Å². The van der Waals surface area contributed by atoms with Crippen molar-refractivity contribution in [1.82, 2.24) is 21.2 Å². The molecule has 4 nitrogen and oxygen atoms in total. The zero-order chi connectivity index (χ0) is 7.68. The highest BCUT2D eigenvalue weighted by Gasteiger charge is 2.18. The number of aromatic amines is 1. The zero-order valence-electron chi connectivity index (χ0n) is 5.72. The summed E-state index contributed by atoms with van der Waals surface area (Å²) in [7, 11) is 0. The third kappa shape index (κ3) is 1.20. The van der Waals surface area contributed by atoms with Crippen molar-refractivity contribution in [1.29, 1.82) is 0 Å². The Morgan fingerprint density at radius 2 is 2.36 bits per heavy atom. The van der Waals surface area contributed by atoms with E-state index in [4.69, 9.17) is 12.2 Å². The summed E-state index contributed by atoms with van der Waals surface area (Å²) in [6, 6.07) is 3.93. The molecule has 0 aromatic carbocycles. The van der Waals surface area contributed by atoms with Crippen LogP contribution in [-0.4, -0.2) is 10.1 Å². The summed E-state index contributed by atoms with van der Waals surface area (Å²) in [5.74, 6) is 0. The van der Waals surface area contributed by atoms with Crippen molar-refractivity contribution < 1.29 is 0 Å². The maximum absolute atomic E-state index is 4.87. The normalized spacial score (nSPS) is 22.9. The van der Waals surface area contributed by atoms with E-state index >= 15 is 0 Å². The minimum absolute atomic E-state index is 0.0671. The summed E-state index contributed by atoms with van der Waals surface area (Å²) in [4.78, 5) is 3.08. The van der Waals surface area contributed by atoms with Crippen molar-refractivity contribution in [3.8, 4) is 0 Å². The molecular weight excluding hydrogens is 160 g/mol. The van der Waals surface area contributed by atoms with E-state index in [9.17, 15) is 0 Å². The van der Waals surface area contributed by atoms with Gasteiger partial charge in [-0.15, -0.1) is 0 Å². The fraction of sp³-hybridized carbons (Fsp3) is 0.167. The summed E-state index contributed by atoms with van der Waals surface area (Å²) in [5.41, 5.74) is 6.85. The molecule has 0 amide bonds. The Morgan fingerprint density at radius 1 is 1.45 bits per heavy atom. The zero-order valence-corrected chi connectivity index (χ0v) is 6.53. The van der Waals surface area contributed by atoms with E-state index in [2.05, 4.69) is 21.2 Å². The van der Waals surface area contributed by atoms with Crippen molar-refractivity contribution in [2.24, 2.45) is 0 Å². The number of hydrogen-bond donors (Lipinski definition) is 4. The molecule has 2 heterocycles. The van der Waals surface area contributed by atoms with Gasteiger partial charge in [0.1, 0.15) is 6.17 Å². The van der Waals surface area contributed by atoms with E-state index in [0.717, 1.165) is 5.69 Å². The molecule has 0 spiro atoms. The highest BCUT2D eigenvalue weighted by atomic mass is 32.1. The Bertz CT molecular complexity index is 256. The lowest BCUT2D eigenvalue weighted by atomic mass is 10.3. The monoisotopic (exact) mass is 168 g/mol. The molecule has 1 aliphatic rings. The summed E-state index contributed by atoms with van der Waals surface area (Å²) in [6.07, 6.45) is 1.94. The molecule has 1 aromatic heterocycles. The average molecular weight is 168 g/mol. The Morgan fingerprint density at radius 3 is 2.91 bits per heavy atom. The van der Waals surface area contributed by atoms with E-state index in [-0.39, 0.29) is 6.17 Å². The highest BCUT2D eigenvalue weighted by Crippen LogP contribution is 2.07. The Labute approximate surface area is 69.3 Å². The summed E-state index contributed by atoms with van der Waals surface area (Å²) in [6.45, 7) is 0. The van der Waals surface area contributed by atoms with Gasteiger partial charge in [0.05, 0.1) is 5.69 Å². The summed E-state index contributed by atoms with van der Waals surface area (Å²) in [5, 5.41) is 3.66. The molecule has 1 fully saturated rings. The molecule has 58 valence electrons. The van der Waals surface area contributed by atoms with E-state index in [1.54, 1.807) is 0 Å². The van der Waals surface area contributed by atoms with Gasteiger partial charge in [-0.25, -0.2) is 5.43 Å². The molecule has 2 rings (SSSR count). The van der Waals surface area contributed by atoms with Gasteiger partial charge >= 0.3 is 0 Å². The molecule has 1 aliphatic heterocycles. The summed E-state index contributed by atoms with van der Waals surface area (Å²) < 4.78 is 0. The second-order valence-corrected chi connectivity index (χ2v) is 2.71. The van der Waals surface area contributed by atoms with Crippen LogP contribution in [-0.2, 0) is 0 Å². The van der Waals surface area contributed by atoms with E-state index in [1.165, 1.54) is 0 Å². The van der Waals surface area contributed by atoms with Crippen LogP contribution in [0.15, 0.2) is 18.3 Å². The first-order valence-electron chi connectivity index (χ1n) is 3.31. The Balaban J connectivity index is 2.13. The fourth-order valence-corrected chi connectivity index (χ4v) is 1.20. The standard InChI is InChI=1S/C6H8N4S/c11-6-8-5(9-10-6)4-2-1-3-7-4/h1-3,5,7,9H,(H2,8,10,11). The Kier molecular flexibility index (Phi) is 1.52. The average Bonchev–Trinajstić information content (AvgIpc) is 2.55. The molecule has 0 aliphatic carbocycles. The molecule has 0 radical (unpaired) electrons.